The lowest BCUT2D eigenvalue weighted by atomic mass is 9.83. The predicted molar refractivity (Wildman–Crippen MR) is 82.6 cm³/mol. The highest BCUT2D eigenvalue weighted by Crippen LogP contribution is 2.45. The Bertz CT molecular complexity index is 564. The number of benzene rings is 1. The molecule has 0 aliphatic carbocycles. The fourth-order valence-electron chi connectivity index (χ4n) is 2.88. The van der Waals surface area contributed by atoms with Crippen LogP contribution < -0.4 is 4.90 Å². The summed E-state index contributed by atoms with van der Waals surface area (Å²) in [5.74, 6) is 1.53. The van der Waals surface area contributed by atoms with E-state index in [1.54, 1.807) is 30.0 Å². The minimum Gasteiger partial charge on any atom is -0.274 e. The number of carbonyl (C=O) groups excluding carboxylic acids is 2. The van der Waals surface area contributed by atoms with E-state index in [2.05, 4.69) is 0 Å². The molecule has 2 saturated heterocycles. The number of thioether (sulfide) groups is 1. The summed E-state index contributed by atoms with van der Waals surface area (Å²) in [5, 5.41) is 0.846. The first-order valence-corrected chi connectivity index (χ1v) is 8.34. The molecule has 106 valence electrons. The molecule has 2 fully saturated rings. The minimum absolute atomic E-state index is 0.104. The van der Waals surface area contributed by atoms with Crippen molar-refractivity contribution in [2.45, 2.75) is 19.3 Å². The molecule has 1 atom stereocenters. The number of anilines is 1. The number of amides is 2. The number of halogens is 2. The highest BCUT2D eigenvalue weighted by atomic mass is 35.5. The van der Waals surface area contributed by atoms with Crippen LogP contribution in [0, 0.1) is 5.41 Å². The van der Waals surface area contributed by atoms with E-state index in [9.17, 15) is 9.59 Å². The lowest BCUT2D eigenvalue weighted by Gasteiger charge is -2.30. The van der Waals surface area contributed by atoms with E-state index >= 15 is 0 Å². The second-order valence-corrected chi connectivity index (χ2v) is 7.25. The van der Waals surface area contributed by atoms with E-state index in [1.807, 2.05) is 0 Å². The highest BCUT2D eigenvalue weighted by molar-refractivity contribution is 7.99. The maximum atomic E-state index is 12.7. The zero-order chi connectivity index (χ0) is 14.3. The Kier molecular flexibility index (Phi) is 3.73. The molecule has 2 aliphatic rings. The normalized spacial score (nSPS) is 26.6. The molecule has 0 radical (unpaired) electrons. The molecule has 1 aromatic rings. The van der Waals surface area contributed by atoms with Gasteiger partial charge in [0.05, 0.1) is 11.1 Å². The van der Waals surface area contributed by atoms with Crippen molar-refractivity contribution in [2.75, 3.05) is 16.4 Å². The third-order valence-electron chi connectivity index (χ3n) is 3.82. The van der Waals surface area contributed by atoms with Crippen LogP contribution in [0.3, 0.4) is 0 Å². The molecule has 0 aromatic heterocycles. The van der Waals surface area contributed by atoms with Crippen molar-refractivity contribution in [3.8, 4) is 0 Å². The molecule has 3 rings (SSSR count). The smallest absolute Gasteiger partial charge is 0.241 e. The predicted octanol–water partition coefficient (Wildman–Crippen LogP) is 3.77. The van der Waals surface area contributed by atoms with Crippen molar-refractivity contribution in [1.29, 1.82) is 0 Å². The molecule has 2 amide bonds. The standard InChI is InChI=1S/C14H13Cl2NO2S/c15-9-4-10(16)6-11(5-9)17-12(18)7-14(13(17)19)2-1-3-20-8-14/h4-6H,1-3,7-8H2. The molecule has 1 spiro atoms. The van der Waals surface area contributed by atoms with Gasteiger partial charge in [-0.25, -0.2) is 4.90 Å². The van der Waals surface area contributed by atoms with Crippen molar-refractivity contribution in [2.24, 2.45) is 5.41 Å². The summed E-state index contributed by atoms with van der Waals surface area (Å²) < 4.78 is 0. The summed E-state index contributed by atoms with van der Waals surface area (Å²) in [5.41, 5.74) is -0.0422. The van der Waals surface area contributed by atoms with Gasteiger partial charge in [0.25, 0.3) is 0 Å². The fraction of sp³-hybridized carbons (Fsp3) is 0.429. The van der Waals surface area contributed by atoms with Gasteiger partial charge < -0.3 is 0 Å². The largest absolute Gasteiger partial charge is 0.274 e. The van der Waals surface area contributed by atoms with E-state index in [0.717, 1.165) is 24.3 Å². The van der Waals surface area contributed by atoms with Gasteiger partial charge >= 0.3 is 0 Å². The van der Waals surface area contributed by atoms with Crippen LogP contribution in [0.5, 0.6) is 0 Å². The third kappa shape index (κ3) is 2.34. The van der Waals surface area contributed by atoms with Crippen molar-refractivity contribution >= 4 is 52.5 Å². The van der Waals surface area contributed by atoms with Gasteiger partial charge in [0, 0.05) is 22.2 Å². The zero-order valence-corrected chi connectivity index (χ0v) is 13.0. The maximum absolute atomic E-state index is 12.7. The number of nitrogens with zero attached hydrogens (tertiary/aromatic N) is 1. The summed E-state index contributed by atoms with van der Waals surface area (Å²) in [7, 11) is 0. The summed E-state index contributed by atoms with van der Waals surface area (Å²) in [6.07, 6.45) is 2.06. The van der Waals surface area contributed by atoms with Crippen molar-refractivity contribution in [3.63, 3.8) is 0 Å². The number of imide groups is 1. The topological polar surface area (TPSA) is 37.4 Å². The lowest BCUT2D eigenvalue weighted by molar-refractivity contribution is -0.125. The lowest BCUT2D eigenvalue weighted by Crippen LogP contribution is -2.38. The highest BCUT2D eigenvalue weighted by Gasteiger charge is 2.52. The molecule has 6 heteroatoms. The Morgan fingerprint density at radius 3 is 2.45 bits per heavy atom. The SMILES string of the molecule is O=C1CC2(CCCSC2)C(=O)N1c1cc(Cl)cc(Cl)c1. The van der Waals surface area contributed by atoms with E-state index in [0.29, 0.717) is 22.2 Å². The summed E-state index contributed by atoms with van der Waals surface area (Å²) in [6.45, 7) is 0. The van der Waals surface area contributed by atoms with E-state index in [-0.39, 0.29) is 11.8 Å². The van der Waals surface area contributed by atoms with Crippen LogP contribution >= 0.6 is 35.0 Å². The van der Waals surface area contributed by atoms with Crippen LogP contribution in [0.15, 0.2) is 18.2 Å². The first kappa shape index (κ1) is 14.2. The Labute approximate surface area is 131 Å². The Hall–Kier alpha value is -0.710. The average molecular weight is 330 g/mol. The quantitative estimate of drug-likeness (QED) is 0.736. The van der Waals surface area contributed by atoms with Gasteiger partial charge in [-0.15, -0.1) is 0 Å². The molecular weight excluding hydrogens is 317 g/mol. The zero-order valence-electron chi connectivity index (χ0n) is 10.7. The summed E-state index contributed by atoms with van der Waals surface area (Å²) in [6, 6.07) is 4.81. The van der Waals surface area contributed by atoms with E-state index in [1.165, 1.54) is 4.90 Å². The Morgan fingerprint density at radius 1 is 1.15 bits per heavy atom. The van der Waals surface area contributed by atoms with Crippen molar-refractivity contribution in [1.82, 2.24) is 0 Å². The van der Waals surface area contributed by atoms with Gasteiger partial charge in [0.15, 0.2) is 0 Å². The van der Waals surface area contributed by atoms with E-state index in [4.69, 9.17) is 23.2 Å². The van der Waals surface area contributed by atoms with Crippen LogP contribution in [0.4, 0.5) is 5.69 Å². The second kappa shape index (κ2) is 5.24. The van der Waals surface area contributed by atoms with Crippen LogP contribution in [0.2, 0.25) is 10.0 Å². The number of hydrogen-bond acceptors (Lipinski definition) is 3. The van der Waals surface area contributed by atoms with Gasteiger partial charge in [0.2, 0.25) is 11.8 Å². The molecule has 0 saturated carbocycles. The first-order valence-electron chi connectivity index (χ1n) is 6.43. The molecule has 2 aliphatic heterocycles. The Balaban J connectivity index is 1.98. The van der Waals surface area contributed by atoms with Crippen LogP contribution in [0.1, 0.15) is 19.3 Å². The number of hydrogen-bond donors (Lipinski definition) is 0. The third-order valence-corrected chi connectivity index (χ3v) is 5.59. The minimum atomic E-state index is -0.519. The number of carbonyl (C=O) groups is 2. The maximum Gasteiger partial charge on any atom is 0.241 e. The van der Waals surface area contributed by atoms with Crippen molar-refractivity contribution in [3.05, 3.63) is 28.2 Å². The summed E-state index contributed by atoms with van der Waals surface area (Å²) in [4.78, 5) is 26.3. The molecule has 1 aromatic carbocycles. The Morgan fingerprint density at radius 2 is 1.85 bits per heavy atom. The first-order chi connectivity index (χ1) is 9.52. The van der Waals surface area contributed by atoms with E-state index < -0.39 is 5.41 Å². The van der Waals surface area contributed by atoms with Gasteiger partial charge in [-0.3, -0.25) is 9.59 Å². The fourth-order valence-corrected chi connectivity index (χ4v) is 4.65. The molecule has 20 heavy (non-hydrogen) atoms. The van der Waals surface area contributed by atoms with Gasteiger partial charge in [-0.05, 0) is 36.8 Å². The van der Waals surface area contributed by atoms with Gasteiger partial charge in [0.1, 0.15) is 0 Å². The molecule has 0 N–H and O–H groups in total. The molecule has 3 nitrogen and oxygen atoms in total. The average Bonchev–Trinajstić information content (AvgIpc) is 2.60. The van der Waals surface area contributed by atoms with Gasteiger partial charge in [-0.2, -0.15) is 11.8 Å². The molecular formula is C14H13Cl2NO2S. The van der Waals surface area contributed by atoms with Crippen molar-refractivity contribution < 1.29 is 9.59 Å². The molecule has 1 unspecified atom stereocenters. The number of rotatable bonds is 1. The monoisotopic (exact) mass is 329 g/mol. The van der Waals surface area contributed by atoms with Gasteiger partial charge in [-0.1, -0.05) is 23.2 Å². The van der Waals surface area contributed by atoms with Crippen LogP contribution in [-0.2, 0) is 9.59 Å². The van der Waals surface area contributed by atoms with Crippen LogP contribution in [0.25, 0.3) is 0 Å². The second-order valence-electron chi connectivity index (χ2n) is 5.28. The molecule has 0 bridgehead atoms. The van der Waals surface area contributed by atoms with Crippen LogP contribution in [-0.4, -0.2) is 23.3 Å². The summed E-state index contributed by atoms with van der Waals surface area (Å²) >= 11 is 13.7. The molecule has 2 heterocycles.